The topological polar surface area (TPSA) is 24.4 Å². The van der Waals surface area contributed by atoms with Crippen molar-refractivity contribution in [3.63, 3.8) is 0 Å². The van der Waals surface area contributed by atoms with Crippen LogP contribution < -0.4 is 5.32 Å². The summed E-state index contributed by atoms with van der Waals surface area (Å²) in [4.78, 5) is 4.87. The molecular formula is C15H21BrN2S. The lowest BCUT2D eigenvalue weighted by Gasteiger charge is -2.31. The van der Waals surface area contributed by atoms with Gasteiger partial charge in [0.2, 0.25) is 0 Å². The summed E-state index contributed by atoms with van der Waals surface area (Å²) in [5.74, 6) is 1.14. The number of halogens is 1. The minimum absolute atomic E-state index is 0.236. The van der Waals surface area contributed by atoms with Crippen molar-refractivity contribution in [1.29, 1.82) is 0 Å². The van der Waals surface area contributed by atoms with Crippen LogP contribution in [0.2, 0.25) is 0 Å². The fourth-order valence-corrected chi connectivity index (χ4v) is 3.33. The molecule has 1 aromatic rings. The van der Waals surface area contributed by atoms with Crippen LogP contribution in [0.5, 0.6) is 0 Å². The number of rotatable bonds is 1. The maximum atomic E-state index is 4.87. The van der Waals surface area contributed by atoms with Crippen molar-refractivity contribution >= 4 is 38.5 Å². The van der Waals surface area contributed by atoms with Gasteiger partial charge in [0, 0.05) is 15.9 Å². The summed E-state index contributed by atoms with van der Waals surface area (Å²) in [5.41, 5.74) is 2.61. The third-order valence-electron chi connectivity index (χ3n) is 3.34. The number of nitrogens with zero attached hydrogens (tertiary/aromatic N) is 1. The van der Waals surface area contributed by atoms with E-state index in [-0.39, 0.29) is 5.41 Å². The van der Waals surface area contributed by atoms with Crippen LogP contribution in [0.3, 0.4) is 0 Å². The standard InChI is InChI=1S/C15H21BrN2S/c1-10-5-6-11(16)9-12(10)17-14-18-13(7-8-19-14)15(2,3)4/h5-6,9,13H,7-8H2,1-4H3,(H,17,18). The Hall–Kier alpha value is -0.480. The molecule has 0 aliphatic carbocycles. The van der Waals surface area contributed by atoms with Gasteiger partial charge in [-0.05, 0) is 36.5 Å². The van der Waals surface area contributed by atoms with Crippen LogP contribution in [0.25, 0.3) is 0 Å². The van der Waals surface area contributed by atoms with Gasteiger partial charge < -0.3 is 5.32 Å². The van der Waals surface area contributed by atoms with Crippen molar-refractivity contribution in [2.24, 2.45) is 10.4 Å². The van der Waals surface area contributed by atoms with Crippen LogP contribution in [-0.4, -0.2) is 17.0 Å². The maximum absolute atomic E-state index is 4.87. The van der Waals surface area contributed by atoms with Gasteiger partial charge in [-0.2, -0.15) is 0 Å². The molecule has 0 fully saturated rings. The van der Waals surface area contributed by atoms with Crippen molar-refractivity contribution in [3.8, 4) is 0 Å². The van der Waals surface area contributed by atoms with Crippen LogP contribution in [-0.2, 0) is 0 Å². The van der Waals surface area contributed by atoms with Gasteiger partial charge >= 0.3 is 0 Å². The normalized spacial score (nSPS) is 20.1. The van der Waals surface area contributed by atoms with E-state index in [1.807, 2.05) is 11.8 Å². The molecule has 2 nitrogen and oxygen atoms in total. The minimum Gasteiger partial charge on any atom is -0.335 e. The zero-order valence-electron chi connectivity index (χ0n) is 12.0. The average molecular weight is 341 g/mol. The van der Waals surface area contributed by atoms with E-state index in [1.54, 1.807) is 0 Å². The van der Waals surface area contributed by atoms with Gasteiger partial charge in [0.05, 0.1) is 6.04 Å². The molecule has 1 aliphatic rings. The lowest BCUT2D eigenvalue weighted by Crippen LogP contribution is -2.30. The third kappa shape index (κ3) is 3.99. The number of aliphatic imine (C=N–C) groups is 1. The summed E-state index contributed by atoms with van der Waals surface area (Å²) in [6, 6.07) is 6.69. The second-order valence-electron chi connectivity index (χ2n) is 6.04. The van der Waals surface area contributed by atoms with Crippen molar-refractivity contribution in [2.75, 3.05) is 11.1 Å². The van der Waals surface area contributed by atoms with Crippen molar-refractivity contribution in [1.82, 2.24) is 0 Å². The Balaban J connectivity index is 2.18. The van der Waals surface area contributed by atoms with Crippen LogP contribution in [0.1, 0.15) is 32.8 Å². The first kappa shape index (κ1) is 14.9. The second kappa shape index (κ2) is 5.88. The molecule has 0 spiro atoms. The molecule has 1 aromatic carbocycles. The molecule has 0 radical (unpaired) electrons. The van der Waals surface area contributed by atoms with E-state index < -0.39 is 0 Å². The molecule has 4 heteroatoms. The van der Waals surface area contributed by atoms with Crippen LogP contribution in [0.4, 0.5) is 5.69 Å². The fourth-order valence-electron chi connectivity index (χ4n) is 2.05. The van der Waals surface area contributed by atoms with E-state index in [0.29, 0.717) is 6.04 Å². The zero-order valence-corrected chi connectivity index (χ0v) is 14.4. The van der Waals surface area contributed by atoms with E-state index in [4.69, 9.17) is 4.99 Å². The molecule has 0 aromatic heterocycles. The molecular weight excluding hydrogens is 320 g/mol. The first-order valence-corrected chi connectivity index (χ1v) is 8.38. The number of amidine groups is 1. The first-order valence-electron chi connectivity index (χ1n) is 6.60. The molecule has 0 bridgehead atoms. The Bertz CT molecular complexity index is 491. The van der Waals surface area contributed by atoms with Gasteiger partial charge in [-0.25, -0.2) is 0 Å². The predicted octanol–water partition coefficient (Wildman–Crippen LogP) is 5.08. The number of aryl methyl sites for hydroxylation is 1. The highest BCUT2D eigenvalue weighted by Crippen LogP contribution is 2.31. The van der Waals surface area contributed by atoms with Crippen LogP contribution in [0, 0.1) is 12.3 Å². The van der Waals surface area contributed by atoms with E-state index in [0.717, 1.165) is 27.5 Å². The van der Waals surface area contributed by atoms with Crippen molar-refractivity contribution in [2.45, 2.75) is 40.2 Å². The smallest absolute Gasteiger partial charge is 0.161 e. The number of thioether (sulfide) groups is 1. The van der Waals surface area contributed by atoms with Gasteiger partial charge in [-0.15, -0.1) is 0 Å². The van der Waals surface area contributed by atoms with E-state index in [2.05, 4.69) is 67.1 Å². The lowest BCUT2D eigenvalue weighted by atomic mass is 9.85. The Morgan fingerprint density at radius 1 is 1.37 bits per heavy atom. The number of anilines is 1. The van der Waals surface area contributed by atoms with Gasteiger partial charge in [-0.1, -0.05) is 54.5 Å². The van der Waals surface area contributed by atoms with Crippen molar-refractivity contribution < 1.29 is 0 Å². The van der Waals surface area contributed by atoms with Gasteiger partial charge in [0.1, 0.15) is 0 Å². The summed E-state index contributed by atoms with van der Waals surface area (Å²) in [6.45, 7) is 8.90. The van der Waals surface area contributed by atoms with E-state index in [9.17, 15) is 0 Å². The molecule has 2 rings (SSSR count). The zero-order chi connectivity index (χ0) is 14.0. The largest absolute Gasteiger partial charge is 0.335 e. The monoisotopic (exact) mass is 340 g/mol. The average Bonchev–Trinajstić information content (AvgIpc) is 2.33. The second-order valence-corrected chi connectivity index (χ2v) is 8.04. The molecule has 1 heterocycles. The molecule has 0 amide bonds. The third-order valence-corrected chi connectivity index (χ3v) is 4.76. The summed E-state index contributed by atoms with van der Waals surface area (Å²) < 4.78 is 1.09. The molecule has 1 atom stereocenters. The molecule has 1 unspecified atom stereocenters. The van der Waals surface area contributed by atoms with Gasteiger partial charge in [0.25, 0.3) is 0 Å². The molecule has 104 valence electrons. The summed E-state index contributed by atoms with van der Waals surface area (Å²) in [6.07, 6.45) is 1.16. The molecule has 19 heavy (non-hydrogen) atoms. The molecule has 0 saturated carbocycles. The number of nitrogens with one attached hydrogen (secondary N) is 1. The number of hydrogen-bond donors (Lipinski definition) is 1. The highest BCUT2D eigenvalue weighted by Gasteiger charge is 2.27. The molecule has 1 aliphatic heterocycles. The highest BCUT2D eigenvalue weighted by molar-refractivity contribution is 9.10. The van der Waals surface area contributed by atoms with Gasteiger partial charge in [0.15, 0.2) is 5.17 Å². The Labute approximate surface area is 128 Å². The Morgan fingerprint density at radius 3 is 2.79 bits per heavy atom. The quantitative estimate of drug-likeness (QED) is 0.771. The first-order chi connectivity index (χ1) is 8.86. The van der Waals surface area contributed by atoms with E-state index >= 15 is 0 Å². The SMILES string of the molecule is Cc1ccc(Br)cc1NC1=NC(C(C)(C)C)CCS1. The van der Waals surface area contributed by atoms with Gasteiger partial charge in [-0.3, -0.25) is 4.99 Å². The Kier molecular flexibility index (Phi) is 4.62. The number of hydrogen-bond acceptors (Lipinski definition) is 3. The molecule has 0 saturated heterocycles. The minimum atomic E-state index is 0.236. The van der Waals surface area contributed by atoms with Crippen LogP contribution in [0.15, 0.2) is 27.7 Å². The summed E-state index contributed by atoms with van der Waals surface area (Å²) in [5, 5.41) is 4.52. The number of benzene rings is 1. The Morgan fingerprint density at radius 2 is 2.11 bits per heavy atom. The summed E-state index contributed by atoms with van der Waals surface area (Å²) in [7, 11) is 0. The van der Waals surface area contributed by atoms with Crippen molar-refractivity contribution in [3.05, 3.63) is 28.2 Å². The maximum Gasteiger partial charge on any atom is 0.161 e. The lowest BCUT2D eigenvalue weighted by molar-refractivity contribution is 0.316. The van der Waals surface area contributed by atoms with E-state index in [1.165, 1.54) is 5.56 Å². The van der Waals surface area contributed by atoms with Crippen LogP contribution >= 0.6 is 27.7 Å². The predicted molar refractivity (Wildman–Crippen MR) is 90.3 cm³/mol. The fraction of sp³-hybridized carbons (Fsp3) is 0.533. The summed E-state index contributed by atoms with van der Waals surface area (Å²) >= 11 is 5.33. The molecule has 1 N–H and O–H groups in total. The highest BCUT2D eigenvalue weighted by atomic mass is 79.9.